The van der Waals surface area contributed by atoms with Crippen LogP contribution in [0.2, 0.25) is 0 Å². The number of hydrogen-bond acceptors (Lipinski definition) is 2. The van der Waals surface area contributed by atoms with E-state index < -0.39 is 40.7 Å². The van der Waals surface area contributed by atoms with Crippen LogP contribution < -0.4 is 0 Å². The van der Waals surface area contributed by atoms with Crippen molar-refractivity contribution in [1.29, 1.82) is 0 Å². The second-order valence-corrected chi connectivity index (χ2v) is 4.90. The van der Waals surface area contributed by atoms with Gasteiger partial charge < -0.3 is 4.74 Å². The Bertz CT molecular complexity index is 480. The van der Waals surface area contributed by atoms with Gasteiger partial charge in [0.15, 0.2) is 23.3 Å². The zero-order valence-electron chi connectivity index (χ0n) is 12.9. The molecule has 2 nitrogen and oxygen atoms in total. The first kappa shape index (κ1) is 18.8. The molecular weight excluding hydrogens is 305 g/mol. The number of benzene rings is 1. The summed E-state index contributed by atoms with van der Waals surface area (Å²) in [5.41, 5.74) is -0.811. The van der Waals surface area contributed by atoms with E-state index in [-0.39, 0.29) is 0 Å². The minimum Gasteiger partial charge on any atom is -0.380 e. The average Bonchev–Trinajstić information content (AvgIpc) is 2.51. The standard InChI is InChI=1S/C15H20F5NO/c1-4-7-22-8-6-21(5-2)9(3)10-11(16)13(18)15(20)14(19)12(10)17/h9H,4-8H2,1-3H3. The van der Waals surface area contributed by atoms with E-state index in [9.17, 15) is 22.0 Å². The lowest BCUT2D eigenvalue weighted by atomic mass is 10.0. The van der Waals surface area contributed by atoms with E-state index in [0.29, 0.717) is 26.3 Å². The van der Waals surface area contributed by atoms with Gasteiger partial charge in [0.1, 0.15) is 0 Å². The third kappa shape index (κ3) is 3.95. The van der Waals surface area contributed by atoms with Crippen LogP contribution in [0.4, 0.5) is 22.0 Å². The predicted molar refractivity (Wildman–Crippen MR) is 73.0 cm³/mol. The monoisotopic (exact) mass is 325 g/mol. The molecule has 0 heterocycles. The van der Waals surface area contributed by atoms with Gasteiger partial charge in [-0.25, -0.2) is 22.0 Å². The summed E-state index contributed by atoms with van der Waals surface area (Å²) in [7, 11) is 0. The van der Waals surface area contributed by atoms with Gasteiger partial charge >= 0.3 is 0 Å². The Morgan fingerprint density at radius 3 is 1.82 bits per heavy atom. The minimum absolute atomic E-state index is 0.321. The third-order valence-electron chi connectivity index (χ3n) is 3.49. The van der Waals surface area contributed by atoms with Crippen LogP contribution in [0.5, 0.6) is 0 Å². The molecule has 1 rings (SSSR count). The fourth-order valence-corrected chi connectivity index (χ4v) is 2.23. The second-order valence-electron chi connectivity index (χ2n) is 4.90. The molecule has 0 aliphatic rings. The van der Waals surface area contributed by atoms with E-state index >= 15 is 0 Å². The molecule has 0 spiro atoms. The first-order valence-corrected chi connectivity index (χ1v) is 7.19. The highest BCUT2D eigenvalue weighted by Crippen LogP contribution is 2.30. The maximum absolute atomic E-state index is 13.8. The summed E-state index contributed by atoms with van der Waals surface area (Å²) in [4.78, 5) is 1.59. The maximum atomic E-state index is 13.8. The van der Waals surface area contributed by atoms with E-state index in [0.717, 1.165) is 6.42 Å². The number of hydrogen-bond donors (Lipinski definition) is 0. The van der Waals surface area contributed by atoms with Gasteiger partial charge in [-0.15, -0.1) is 0 Å². The van der Waals surface area contributed by atoms with Crippen molar-refractivity contribution in [3.63, 3.8) is 0 Å². The fraction of sp³-hybridized carbons (Fsp3) is 0.600. The molecule has 0 aliphatic carbocycles. The van der Waals surface area contributed by atoms with E-state index in [1.165, 1.54) is 6.92 Å². The maximum Gasteiger partial charge on any atom is 0.200 e. The molecule has 1 aromatic carbocycles. The van der Waals surface area contributed by atoms with Crippen LogP contribution in [0.15, 0.2) is 0 Å². The summed E-state index contributed by atoms with van der Waals surface area (Å²) < 4.78 is 72.5. The van der Waals surface area contributed by atoms with Crippen LogP contribution in [0.3, 0.4) is 0 Å². The molecule has 0 fully saturated rings. The van der Waals surface area contributed by atoms with Crippen LogP contribution in [0.1, 0.15) is 38.8 Å². The summed E-state index contributed by atoms with van der Waals surface area (Å²) >= 11 is 0. The Hall–Kier alpha value is -1.21. The summed E-state index contributed by atoms with van der Waals surface area (Å²) in [5.74, 6) is -9.54. The second kappa shape index (κ2) is 8.43. The first-order chi connectivity index (χ1) is 10.4. The zero-order chi connectivity index (χ0) is 16.9. The molecule has 0 bridgehead atoms. The van der Waals surface area contributed by atoms with Crippen molar-refractivity contribution >= 4 is 0 Å². The van der Waals surface area contributed by atoms with Gasteiger partial charge in [0.05, 0.1) is 6.61 Å². The summed E-state index contributed by atoms with van der Waals surface area (Å²) in [6.07, 6.45) is 0.833. The molecule has 0 saturated carbocycles. The average molecular weight is 325 g/mol. The van der Waals surface area contributed by atoms with Gasteiger partial charge in [-0.1, -0.05) is 13.8 Å². The zero-order valence-corrected chi connectivity index (χ0v) is 12.9. The Labute approximate surface area is 126 Å². The largest absolute Gasteiger partial charge is 0.380 e. The van der Waals surface area contributed by atoms with Crippen LogP contribution in [-0.4, -0.2) is 31.2 Å². The number of halogens is 5. The summed E-state index contributed by atoms with van der Waals surface area (Å²) in [6.45, 7) is 6.67. The van der Waals surface area contributed by atoms with E-state index in [2.05, 4.69) is 0 Å². The Morgan fingerprint density at radius 2 is 1.36 bits per heavy atom. The first-order valence-electron chi connectivity index (χ1n) is 7.19. The van der Waals surface area contributed by atoms with Crippen LogP contribution in [0.25, 0.3) is 0 Å². The third-order valence-corrected chi connectivity index (χ3v) is 3.49. The molecule has 22 heavy (non-hydrogen) atoms. The summed E-state index contributed by atoms with van der Waals surface area (Å²) in [5, 5.41) is 0. The van der Waals surface area contributed by atoms with Gasteiger partial charge in [-0.3, -0.25) is 4.90 Å². The highest BCUT2D eigenvalue weighted by Gasteiger charge is 2.30. The smallest absolute Gasteiger partial charge is 0.200 e. The Kier molecular flexibility index (Phi) is 7.22. The van der Waals surface area contributed by atoms with Crippen molar-refractivity contribution in [2.24, 2.45) is 0 Å². The lowest BCUT2D eigenvalue weighted by Crippen LogP contribution is -2.32. The topological polar surface area (TPSA) is 12.5 Å². The van der Waals surface area contributed by atoms with Gasteiger partial charge in [0, 0.05) is 24.8 Å². The molecule has 126 valence electrons. The number of nitrogens with zero attached hydrogens (tertiary/aromatic N) is 1. The van der Waals surface area contributed by atoms with E-state index in [1.807, 2.05) is 6.92 Å². The molecule has 0 saturated heterocycles. The van der Waals surface area contributed by atoms with Gasteiger partial charge in [0.25, 0.3) is 0 Å². The van der Waals surface area contributed by atoms with Crippen LogP contribution in [-0.2, 0) is 4.74 Å². The fourth-order valence-electron chi connectivity index (χ4n) is 2.23. The van der Waals surface area contributed by atoms with Gasteiger partial charge in [-0.05, 0) is 19.9 Å². The number of rotatable bonds is 8. The molecule has 7 heteroatoms. The Morgan fingerprint density at radius 1 is 0.864 bits per heavy atom. The quantitative estimate of drug-likeness (QED) is 0.307. The van der Waals surface area contributed by atoms with Crippen molar-refractivity contribution in [3.8, 4) is 0 Å². The molecule has 0 amide bonds. The highest BCUT2D eigenvalue weighted by atomic mass is 19.2. The van der Waals surface area contributed by atoms with Crippen molar-refractivity contribution in [2.45, 2.75) is 33.2 Å². The van der Waals surface area contributed by atoms with Gasteiger partial charge in [0.2, 0.25) is 5.82 Å². The molecule has 1 unspecified atom stereocenters. The lowest BCUT2D eigenvalue weighted by molar-refractivity contribution is 0.0904. The van der Waals surface area contributed by atoms with Crippen LogP contribution in [0, 0.1) is 29.1 Å². The van der Waals surface area contributed by atoms with Crippen LogP contribution >= 0.6 is 0 Å². The highest BCUT2D eigenvalue weighted by molar-refractivity contribution is 5.26. The molecule has 0 N–H and O–H groups in total. The van der Waals surface area contributed by atoms with E-state index in [1.54, 1.807) is 11.8 Å². The van der Waals surface area contributed by atoms with Crippen molar-refractivity contribution in [3.05, 3.63) is 34.6 Å². The van der Waals surface area contributed by atoms with Crippen molar-refractivity contribution in [1.82, 2.24) is 4.90 Å². The molecule has 1 atom stereocenters. The molecular formula is C15H20F5NO. The SMILES string of the molecule is CCCOCCN(CC)C(C)c1c(F)c(F)c(F)c(F)c1F. The van der Waals surface area contributed by atoms with Gasteiger partial charge in [-0.2, -0.15) is 0 Å². The molecule has 0 aromatic heterocycles. The molecule has 0 aliphatic heterocycles. The lowest BCUT2D eigenvalue weighted by Gasteiger charge is -2.28. The van der Waals surface area contributed by atoms with Crippen molar-refractivity contribution < 1.29 is 26.7 Å². The molecule has 0 radical (unpaired) electrons. The minimum atomic E-state index is -2.14. The van der Waals surface area contributed by atoms with Crippen molar-refractivity contribution in [2.75, 3.05) is 26.3 Å². The number of likely N-dealkylation sites (N-methyl/N-ethyl adjacent to an activating group) is 1. The van der Waals surface area contributed by atoms with E-state index in [4.69, 9.17) is 4.74 Å². The Balaban J connectivity index is 3.02. The summed E-state index contributed by atoms with van der Waals surface area (Å²) in [6, 6.07) is -0.958. The molecule has 1 aromatic rings. The predicted octanol–water partition coefficient (Wildman–Crippen LogP) is 4.19. The normalized spacial score (nSPS) is 13.0. The number of ether oxygens (including phenoxy) is 1.